The van der Waals surface area contributed by atoms with Crippen LogP contribution in [0.25, 0.3) is 10.9 Å². The Balaban J connectivity index is 1.40. The van der Waals surface area contributed by atoms with Crippen molar-refractivity contribution in [3.8, 4) is 0 Å². The van der Waals surface area contributed by atoms with Gasteiger partial charge in [0.05, 0.1) is 23.1 Å². The lowest BCUT2D eigenvalue weighted by Gasteiger charge is -2.39. The van der Waals surface area contributed by atoms with Crippen LogP contribution in [0.5, 0.6) is 0 Å². The summed E-state index contributed by atoms with van der Waals surface area (Å²) in [5.74, 6) is 0.631. The number of benzene rings is 1. The summed E-state index contributed by atoms with van der Waals surface area (Å²) in [6.45, 7) is 8.86. The fourth-order valence-corrected chi connectivity index (χ4v) is 4.93. The van der Waals surface area contributed by atoms with Gasteiger partial charge in [-0.3, -0.25) is 19.1 Å². The number of H-pyrrole nitrogens is 1. The number of likely N-dealkylation sites (tertiary alicyclic amines) is 1. The van der Waals surface area contributed by atoms with Gasteiger partial charge in [-0.05, 0) is 63.0 Å². The minimum Gasteiger partial charge on any atom is -0.373 e. The number of ether oxygens (including phenoxy) is 1. The number of amides is 1. The lowest BCUT2D eigenvalue weighted by atomic mass is 9.95. The molecule has 30 heavy (non-hydrogen) atoms. The summed E-state index contributed by atoms with van der Waals surface area (Å²) in [6.07, 6.45) is 2.60. The summed E-state index contributed by atoms with van der Waals surface area (Å²) >= 11 is 5.20. The van der Waals surface area contributed by atoms with Crippen molar-refractivity contribution in [2.24, 2.45) is 13.0 Å². The molecule has 162 valence electrons. The van der Waals surface area contributed by atoms with Crippen LogP contribution in [0.1, 0.15) is 37.0 Å². The van der Waals surface area contributed by atoms with Crippen molar-refractivity contribution >= 4 is 29.0 Å². The van der Waals surface area contributed by atoms with E-state index in [4.69, 9.17) is 17.0 Å². The molecule has 7 nitrogen and oxygen atoms in total. The molecule has 1 N–H and O–H groups in total. The summed E-state index contributed by atoms with van der Waals surface area (Å²) < 4.78 is 7.58. The van der Waals surface area contributed by atoms with E-state index in [1.165, 1.54) is 4.57 Å². The molecule has 2 aliphatic heterocycles. The molecule has 1 aromatic heterocycles. The van der Waals surface area contributed by atoms with Crippen molar-refractivity contribution in [1.82, 2.24) is 19.4 Å². The first kappa shape index (κ1) is 21.2. The van der Waals surface area contributed by atoms with Gasteiger partial charge in [-0.15, -0.1) is 0 Å². The Labute approximate surface area is 181 Å². The number of rotatable bonds is 3. The van der Waals surface area contributed by atoms with Gasteiger partial charge < -0.3 is 14.6 Å². The van der Waals surface area contributed by atoms with Gasteiger partial charge in [-0.25, -0.2) is 0 Å². The number of piperidine rings is 1. The third-order valence-corrected chi connectivity index (χ3v) is 6.64. The summed E-state index contributed by atoms with van der Waals surface area (Å²) in [7, 11) is 1.64. The van der Waals surface area contributed by atoms with Crippen LogP contribution in [0.15, 0.2) is 23.0 Å². The van der Waals surface area contributed by atoms with Gasteiger partial charge in [0, 0.05) is 45.3 Å². The number of hydrogen-bond donors (Lipinski definition) is 1. The van der Waals surface area contributed by atoms with Crippen LogP contribution >= 0.6 is 12.2 Å². The number of nitrogens with zero attached hydrogens (tertiary/aromatic N) is 3. The predicted octanol–water partition coefficient (Wildman–Crippen LogP) is 2.56. The normalized spacial score (nSPS) is 23.8. The van der Waals surface area contributed by atoms with Crippen molar-refractivity contribution in [2.75, 3.05) is 32.7 Å². The molecule has 0 spiro atoms. The lowest BCUT2D eigenvalue weighted by Crippen LogP contribution is -2.48. The third kappa shape index (κ3) is 4.36. The van der Waals surface area contributed by atoms with Gasteiger partial charge in [0.25, 0.3) is 11.5 Å². The average Bonchev–Trinajstić information content (AvgIpc) is 2.71. The minimum absolute atomic E-state index is 0.0176. The molecule has 2 fully saturated rings. The molecule has 1 amide bonds. The molecule has 0 radical (unpaired) electrons. The molecule has 4 rings (SSSR count). The van der Waals surface area contributed by atoms with Crippen LogP contribution < -0.4 is 5.56 Å². The number of hydrogen-bond acceptors (Lipinski definition) is 5. The summed E-state index contributed by atoms with van der Waals surface area (Å²) in [6, 6.07) is 5.20. The number of fused-ring (bicyclic) bond motifs is 1. The van der Waals surface area contributed by atoms with Crippen molar-refractivity contribution < 1.29 is 9.53 Å². The van der Waals surface area contributed by atoms with Crippen molar-refractivity contribution in [3.05, 3.63) is 38.9 Å². The number of nitrogens with one attached hydrogen (secondary N) is 1. The Morgan fingerprint density at radius 1 is 1.20 bits per heavy atom. The van der Waals surface area contributed by atoms with Crippen LogP contribution in [0.4, 0.5) is 0 Å². The van der Waals surface area contributed by atoms with Gasteiger partial charge in [0.15, 0.2) is 4.77 Å². The maximum atomic E-state index is 13.0. The number of aromatic amines is 1. The molecular weight excluding hydrogens is 400 g/mol. The van der Waals surface area contributed by atoms with Gasteiger partial charge >= 0.3 is 0 Å². The van der Waals surface area contributed by atoms with E-state index in [0.29, 0.717) is 27.2 Å². The van der Waals surface area contributed by atoms with Crippen LogP contribution in [0.2, 0.25) is 0 Å². The molecule has 0 bridgehead atoms. The highest BCUT2D eigenvalue weighted by Gasteiger charge is 2.28. The summed E-state index contributed by atoms with van der Waals surface area (Å²) in [5, 5.41) is 0.537. The van der Waals surface area contributed by atoms with Crippen LogP contribution in [0, 0.1) is 10.7 Å². The average molecular weight is 431 g/mol. The molecule has 8 heteroatoms. The number of carbonyl (C=O) groups excluding carboxylic acids is 1. The maximum Gasteiger partial charge on any atom is 0.261 e. The SMILES string of the molecule is CC1CN(CC2CCN(C(=O)c3ccc4c(=O)n(C)c(=S)[nH]c4c3)CC2)CC(C)O1. The first-order chi connectivity index (χ1) is 14.3. The van der Waals surface area contributed by atoms with Crippen molar-refractivity contribution in [3.63, 3.8) is 0 Å². The molecule has 2 aliphatic rings. The van der Waals surface area contributed by atoms with Gasteiger partial charge in [-0.2, -0.15) is 0 Å². The molecule has 0 saturated carbocycles. The monoisotopic (exact) mass is 430 g/mol. The minimum atomic E-state index is -0.152. The molecule has 2 unspecified atom stereocenters. The van der Waals surface area contributed by atoms with Crippen LogP contribution in [-0.4, -0.2) is 70.2 Å². The van der Waals surface area contributed by atoms with E-state index >= 15 is 0 Å². The van der Waals surface area contributed by atoms with Crippen LogP contribution in [0.3, 0.4) is 0 Å². The Hall–Kier alpha value is -2.03. The fourth-order valence-electron chi connectivity index (χ4n) is 4.74. The first-order valence-corrected chi connectivity index (χ1v) is 11.1. The zero-order chi connectivity index (χ0) is 21.4. The fraction of sp³-hybridized carbons (Fsp3) is 0.591. The quantitative estimate of drug-likeness (QED) is 0.758. The zero-order valence-corrected chi connectivity index (χ0v) is 18.7. The third-order valence-electron chi connectivity index (χ3n) is 6.26. The Morgan fingerprint density at radius 3 is 2.53 bits per heavy atom. The first-order valence-electron chi connectivity index (χ1n) is 10.7. The molecule has 0 aliphatic carbocycles. The Morgan fingerprint density at radius 2 is 1.87 bits per heavy atom. The molecule has 2 saturated heterocycles. The van der Waals surface area contributed by atoms with E-state index in [1.54, 1.807) is 25.2 Å². The largest absolute Gasteiger partial charge is 0.373 e. The topological polar surface area (TPSA) is 70.6 Å². The highest BCUT2D eigenvalue weighted by atomic mass is 32.1. The number of morpholine rings is 1. The van der Waals surface area contributed by atoms with Gasteiger partial charge in [0.1, 0.15) is 0 Å². The van der Waals surface area contributed by atoms with E-state index in [2.05, 4.69) is 23.7 Å². The highest BCUT2D eigenvalue weighted by molar-refractivity contribution is 7.71. The second-order valence-electron chi connectivity index (χ2n) is 8.77. The van der Waals surface area contributed by atoms with E-state index in [1.807, 2.05) is 4.90 Å². The van der Waals surface area contributed by atoms with Crippen molar-refractivity contribution in [1.29, 1.82) is 0 Å². The zero-order valence-electron chi connectivity index (χ0n) is 17.9. The Kier molecular flexibility index (Phi) is 6.09. The number of carbonyl (C=O) groups is 1. The molecule has 3 heterocycles. The van der Waals surface area contributed by atoms with Crippen molar-refractivity contribution in [2.45, 2.75) is 38.9 Å². The van der Waals surface area contributed by atoms with Crippen LogP contribution in [-0.2, 0) is 11.8 Å². The second kappa shape index (κ2) is 8.61. The molecule has 2 aromatic rings. The summed E-state index contributed by atoms with van der Waals surface area (Å²) in [4.78, 5) is 32.9. The van der Waals surface area contributed by atoms with E-state index in [9.17, 15) is 9.59 Å². The number of aromatic nitrogens is 2. The van der Waals surface area contributed by atoms with Gasteiger partial charge in [-0.1, -0.05) is 0 Å². The Bertz CT molecular complexity index is 1040. The highest BCUT2D eigenvalue weighted by Crippen LogP contribution is 2.23. The molecule has 1 aromatic carbocycles. The van der Waals surface area contributed by atoms with E-state index in [-0.39, 0.29) is 23.7 Å². The second-order valence-corrected chi connectivity index (χ2v) is 9.15. The standard InChI is InChI=1S/C22H30N4O3S/c1-14-11-25(12-15(2)29-14)13-16-6-8-26(9-7-16)20(27)17-4-5-18-19(10-17)23-22(30)24(3)21(18)28/h4-5,10,14-16H,6-9,11-13H2,1-3H3,(H,23,30). The molecular formula is C22H30N4O3S. The van der Waals surface area contributed by atoms with E-state index in [0.717, 1.165) is 45.6 Å². The maximum absolute atomic E-state index is 13.0. The smallest absolute Gasteiger partial charge is 0.261 e. The molecule has 2 atom stereocenters. The van der Waals surface area contributed by atoms with E-state index < -0.39 is 0 Å². The predicted molar refractivity (Wildman–Crippen MR) is 119 cm³/mol. The lowest BCUT2D eigenvalue weighted by molar-refractivity contribution is -0.0728. The van der Waals surface area contributed by atoms with Gasteiger partial charge in [0.2, 0.25) is 0 Å². The summed E-state index contributed by atoms with van der Waals surface area (Å²) in [5.41, 5.74) is 1.05.